The number of hydrogen-bond acceptors (Lipinski definition) is 2. The SMILES string of the molecule is Cn1nccc1C(=O)CF. The van der Waals surface area contributed by atoms with E-state index < -0.39 is 12.5 Å². The quantitative estimate of drug-likeness (QED) is 0.566. The Morgan fingerprint density at radius 3 is 3.00 bits per heavy atom. The molecule has 0 radical (unpaired) electrons. The Kier molecular flexibility index (Phi) is 1.80. The number of alkyl halides is 1. The monoisotopic (exact) mass is 142 g/mol. The number of aryl methyl sites for hydroxylation is 1. The molecule has 54 valence electrons. The summed E-state index contributed by atoms with van der Waals surface area (Å²) < 4.78 is 13.1. The van der Waals surface area contributed by atoms with Crippen molar-refractivity contribution in [2.24, 2.45) is 7.05 Å². The molecule has 0 bridgehead atoms. The number of rotatable bonds is 2. The van der Waals surface area contributed by atoms with Crippen LogP contribution in [0.1, 0.15) is 10.5 Å². The Morgan fingerprint density at radius 1 is 1.90 bits per heavy atom. The van der Waals surface area contributed by atoms with Crippen LogP contribution in [0.4, 0.5) is 4.39 Å². The normalized spacial score (nSPS) is 9.80. The lowest BCUT2D eigenvalue weighted by Gasteiger charge is -1.94. The molecular formula is C6H7FN2O. The summed E-state index contributed by atoms with van der Waals surface area (Å²) in [5.41, 5.74) is 0.308. The number of halogens is 1. The largest absolute Gasteiger partial charge is 0.289 e. The molecule has 0 saturated heterocycles. The molecule has 1 rings (SSSR count). The first-order valence-corrected chi connectivity index (χ1v) is 2.83. The van der Waals surface area contributed by atoms with Crippen molar-refractivity contribution in [2.45, 2.75) is 0 Å². The van der Waals surface area contributed by atoms with Crippen LogP contribution in [0.5, 0.6) is 0 Å². The number of nitrogens with zero attached hydrogens (tertiary/aromatic N) is 2. The molecule has 0 spiro atoms. The van der Waals surface area contributed by atoms with Crippen LogP contribution in [0, 0.1) is 0 Å². The van der Waals surface area contributed by atoms with Gasteiger partial charge in [0, 0.05) is 13.2 Å². The molecule has 10 heavy (non-hydrogen) atoms. The van der Waals surface area contributed by atoms with Crippen LogP contribution in [0.15, 0.2) is 12.3 Å². The molecule has 0 aliphatic carbocycles. The number of carbonyl (C=O) groups excluding carboxylic acids is 1. The van der Waals surface area contributed by atoms with Gasteiger partial charge in [0.1, 0.15) is 5.69 Å². The van der Waals surface area contributed by atoms with Crippen molar-refractivity contribution < 1.29 is 9.18 Å². The van der Waals surface area contributed by atoms with E-state index in [-0.39, 0.29) is 0 Å². The van der Waals surface area contributed by atoms with E-state index in [2.05, 4.69) is 5.10 Å². The number of aromatic nitrogens is 2. The molecule has 0 unspecified atom stereocenters. The standard InChI is InChI=1S/C6H7FN2O/c1-9-5(2-3-8-9)6(10)4-7/h2-3H,4H2,1H3. The first kappa shape index (κ1) is 6.92. The minimum absolute atomic E-state index is 0.308. The molecule has 0 fully saturated rings. The predicted molar refractivity (Wildman–Crippen MR) is 33.5 cm³/mol. The molecule has 0 aliphatic heterocycles. The highest BCUT2D eigenvalue weighted by Gasteiger charge is 2.07. The van der Waals surface area contributed by atoms with E-state index in [1.54, 1.807) is 7.05 Å². The molecule has 0 aromatic carbocycles. The summed E-state index contributed by atoms with van der Waals surface area (Å²) in [5, 5.41) is 3.71. The predicted octanol–water partition coefficient (Wildman–Crippen LogP) is 0.572. The molecule has 0 atom stereocenters. The fourth-order valence-corrected chi connectivity index (χ4v) is 0.716. The molecule has 0 saturated carbocycles. The molecule has 0 amide bonds. The molecular weight excluding hydrogens is 135 g/mol. The van der Waals surface area contributed by atoms with E-state index in [0.717, 1.165) is 0 Å². The van der Waals surface area contributed by atoms with Crippen LogP contribution in [0.3, 0.4) is 0 Å². The Balaban J connectivity index is 2.93. The lowest BCUT2D eigenvalue weighted by Crippen LogP contribution is -2.07. The minimum atomic E-state index is -0.959. The van der Waals surface area contributed by atoms with Crippen molar-refractivity contribution in [3.63, 3.8) is 0 Å². The first-order chi connectivity index (χ1) is 4.75. The highest BCUT2D eigenvalue weighted by Crippen LogP contribution is 1.97. The summed E-state index contributed by atoms with van der Waals surface area (Å²) in [7, 11) is 1.60. The third kappa shape index (κ3) is 1.05. The number of Topliss-reactive ketones (excluding diaryl/α,β-unsaturated/α-hetero) is 1. The third-order valence-electron chi connectivity index (χ3n) is 1.23. The molecule has 4 heteroatoms. The van der Waals surface area contributed by atoms with Crippen molar-refractivity contribution in [2.75, 3.05) is 6.67 Å². The van der Waals surface area contributed by atoms with Gasteiger partial charge in [-0.15, -0.1) is 0 Å². The van der Waals surface area contributed by atoms with Gasteiger partial charge < -0.3 is 0 Å². The van der Waals surface area contributed by atoms with Gasteiger partial charge in [-0.25, -0.2) is 4.39 Å². The van der Waals surface area contributed by atoms with Gasteiger partial charge in [-0.1, -0.05) is 0 Å². The van der Waals surface area contributed by atoms with Gasteiger partial charge in [-0.3, -0.25) is 9.48 Å². The molecule has 1 heterocycles. The summed E-state index contributed by atoms with van der Waals surface area (Å²) in [5.74, 6) is -0.528. The number of carbonyl (C=O) groups is 1. The zero-order chi connectivity index (χ0) is 7.56. The van der Waals surface area contributed by atoms with Crippen LogP contribution in [-0.4, -0.2) is 22.2 Å². The molecule has 1 aromatic heterocycles. The fourth-order valence-electron chi connectivity index (χ4n) is 0.716. The van der Waals surface area contributed by atoms with Crippen LogP contribution < -0.4 is 0 Å². The topological polar surface area (TPSA) is 34.9 Å². The summed E-state index contributed by atoms with van der Waals surface area (Å²) in [6, 6.07) is 1.49. The van der Waals surface area contributed by atoms with Crippen molar-refractivity contribution in [3.8, 4) is 0 Å². The van der Waals surface area contributed by atoms with Crippen molar-refractivity contribution >= 4 is 5.78 Å². The molecule has 0 aliphatic rings. The van der Waals surface area contributed by atoms with Crippen LogP contribution in [0.25, 0.3) is 0 Å². The van der Waals surface area contributed by atoms with E-state index in [0.29, 0.717) is 5.69 Å². The van der Waals surface area contributed by atoms with E-state index >= 15 is 0 Å². The van der Waals surface area contributed by atoms with Gasteiger partial charge in [-0.05, 0) is 6.07 Å². The number of hydrogen-bond donors (Lipinski definition) is 0. The highest BCUT2D eigenvalue weighted by molar-refractivity contribution is 5.95. The number of ketones is 1. The van der Waals surface area contributed by atoms with E-state index in [4.69, 9.17) is 0 Å². The zero-order valence-electron chi connectivity index (χ0n) is 5.54. The smallest absolute Gasteiger partial charge is 0.211 e. The maximum Gasteiger partial charge on any atom is 0.211 e. The first-order valence-electron chi connectivity index (χ1n) is 2.83. The van der Waals surface area contributed by atoms with Crippen molar-refractivity contribution in [3.05, 3.63) is 18.0 Å². The van der Waals surface area contributed by atoms with Gasteiger partial charge in [0.05, 0.1) is 0 Å². The van der Waals surface area contributed by atoms with E-state index in [1.807, 2.05) is 0 Å². The van der Waals surface area contributed by atoms with Gasteiger partial charge in [0.15, 0.2) is 6.67 Å². The van der Waals surface area contributed by atoms with Crippen LogP contribution in [-0.2, 0) is 7.05 Å². The fraction of sp³-hybridized carbons (Fsp3) is 0.333. The van der Waals surface area contributed by atoms with Gasteiger partial charge in [0.2, 0.25) is 5.78 Å². The molecule has 1 aromatic rings. The van der Waals surface area contributed by atoms with Crippen molar-refractivity contribution in [1.82, 2.24) is 9.78 Å². The second-order valence-corrected chi connectivity index (χ2v) is 1.90. The lowest BCUT2D eigenvalue weighted by molar-refractivity contribution is 0.0949. The van der Waals surface area contributed by atoms with Gasteiger partial charge in [0.25, 0.3) is 0 Å². The van der Waals surface area contributed by atoms with Crippen molar-refractivity contribution in [1.29, 1.82) is 0 Å². The van der Waals surface area contributed by atoms with E-state index in [9.17, 15) is 9.18 Å². The van der Waals surface area contributed by atoms with E-state index in [1.165, 1.54) is 16.9 Å². The Hall–Kier alpha value is -1.19. The second-order valence-electron chi connectivity index (χ2n) is 1.90. The average molecular weight is 142 g/mol. The summed E-state index contributed by atoms with van der Waals surface area (Å²) >= 11 is 0. The lowest BCUT2D eigenvalue weighted by atomic mass is 10.3. The summed E-state index contributed by atoms with van der Waals surface area (Å²) in [6.45, 7) is -0.959. The Labute approximate surface area is 57.5 Å². The molecule has 0 N–H and O–H groups in total. The molecule has 3 nitrogen and oxygen atoms in total. The maximum absolute atomic E-state index is 11.7. The second kappa shape index (κ2) is 2.60. The van der Waals surface area contributed by atoms with Crippen LogP contribution >= 0.6 is 0 Å². The Morgan fingerprint density at radius 2 is 2.60 bits per heavy atom. The summed E-state index contributed by atoms with van der Waals surface area (Å²) in [6.07, 6.45) is 1.46. The Bertz CT molecular complexity index is 244. The van der Waals surface area contributed by atoms with Crippen LogP contribution in [0.2, 0.25) is 0 Å². The van der Waals surface area contributed by atoms with Gasteiger partial charge in [-0.2, -0.15) is 5.10 Å². The average Bonchev–Trinajstić information content (AvgIpc) is 2.34. The third-order valence-corrected chi connectivity index (χ3v) is 1.23. The summed E-state index contributed by atoms with van der Waals surface area (Å²) in [4.78, 5) is 10.7. The highest BCUT2D eigenvalue weighted by atomic mass is 19.1. The minimum Gasteiger partial charge on any atom is -0.289 e. The maximum atomic E-state index is 11.7. The van der Waals surface area contributed by atoms with Gasteiger partial charge >= 0.3 is 0 Å². The zero-order valence-corrected chi connectivity index (χ0v) is 5.54.